The van der Waals surface area contributed by atoms with Crippen LogP contribution in [-0.4, -0.2) is 6.21 Å². The molecule has 23 heavy (non-hydrogen) atoms. The van der Waals surface area contributed by atoms with Crippen LogP contribution >= 0.6 is 18.9 Å². The van der Waals surface area contributed by atoms with Crippen molar-refractivity contribution in [2.75, 3.05) is 0 Å². The van der Waals surface area contributed by atoms with Gasteiger partial charge in [-0.15, -0.1) is 0 Å². The topological polar surface area (TPSA) is 29.4 Å². The molecule has 3 aromatic carbocycles. The van der Waals surface area contributed by atoms with Crippen molar-refractivity contribution in [2.24, 2.45) is 4.76 Å². The van der Waals surface area contributed by atoms with Crippen LogP contribution in [0.3, 0.4) is 0 Å². The smallest absolute Gasteiger partial charge is 0.247 e. The molecule has 3 aromatic rings. The molecule has 0 aliphatic carbocycles. The molecule has 0 unspecified atom stereocenters. The van der Waals surface area contributed by atoms with Gasteiger partial charge in [0.15, 0.2) is 0 Å². The van der Waals surface area contributed by atoms with E-state index in [4.69, 9.17) is 11.6 Å². The van der Waals surface area contributed by atoms with Crippen molar-refractivity contribution in [1.82, 2.24) is 0 Å². The molecule has 114 valence electrons. The first kappa shape index (κ1) is 15.7. The Bertz CT molecular complexity index is 819. The minimum absolute atomic E-state index is 0.628. The van der Waals surface area contributed by atoms with Crippen molar-refractivity contribution >= 4 is 35.7 Å². The van der Waals surface area contributed by atoms with E-state index in [9.17, 15) is 4.57 Å². The van der Waals surface area contributed by atoms with Gasteiger partial charge in [-0.25, -0.2) is 4.76 Å². The Labute approximate surface area is 140 Å². The number of benzene rings is 3. The zero-order valence-electron chi connectivity index (χ0n) is 12.3. The third kappa shape index (κ3) is 3.61. The maximum Gasteiger partial charge on any atom is 0.247 e. The van der Waals surface area contributed by atoms with Gasteiger partial charge in [-0.1, -0.05) is 60.1 Å². The predicted octanol–water partition coefficient (Wildman–Crippen LogP) is 4.69. The summed E-state index contributed by atoms with van der Waals surface area (Å²) in [6, 6.07) is 26.0. The molecule has 0 aromatic heterocycles. The maximum absolute atomic E-state index is 13.6. The second-order valence-corrected chi connectivity index (χ2v) is 7.90. The molecule has 0 saturated carbocycles. The van der Waals surface area contributed by atoms with Crippen LogP contribution in [0.5, 0.6) is 0 Å². The van der Waals surface area contributed by atoms with Gasteiger partial charge in [0.05, 0.1) is 0 Å². The minimum atomic E-state index is -3.08. The van der Waals surface area contributed by atoms with Gasteiger partial charge in [0.25, 0.3) is 0 Å². The van der Waals surface area contributed by atoms with E-state index in [1.54, 1.807) is 18.3 Å². The van der Waals surface area contributed by atoms with Gasteiger partial charge >= 0.3 is 0 Å². The lowest BCUT2D eigenvalue weighted by atomic mass is 10.2. The van der Waals surface area contributed by atoms with Crippen LogP contribution in [0.4, 0.5) is 0 Å². The SMILES string of the molecule is O=P(/N=C/c1cccc(Cl)c1)(c1ccccc1)c1ccccc1. The molecule has 0 saturated heterocycles. The Morgan fingerprint density at radius 3 is 1.87 bits per heavy atom. The van der Waals surface area contributed by atoms with E-state index in [-0.39, 0.29) is 0 Å². The molecule has 0 heterocycles. The number of hydrogen-bond donors (Lipinski definition) is 0. The molecule has 0 N–H and O–H groups in total. The van der Waals surface area contributed by atoms with Gasteiger partial charge in [0.1, 0.15) is 0 Å². The van der Waals surface area contributed by atoms with E-state index in [0.29, 0.717) is 15.6 Å². The van der Waals surface area contributed by atoms with Crippen LogP contribution < -0.4 is 10.6 Å². The number of halogens is 1. The first-order valence-electron chi connectivity index (χ1n) is 7.21. The van der Waals surface area contributed by atoms with Gasteiger partial charge in [-0.3, -0.25) is 4.57 Å². The fourth-order valence-electron chi connectivity index (χ4n) is 2.28. The molecule has 0 atom stereocenters. The lowest BCUT2D eigenvalue weighted by molar-refractivity contribution is 0.588. The Kier molecular flexibility index (Phi) is 4.76. The van der Waals surface area contributed by atoms with Gasteiger partial charge in [0, 0.05) is 21.8 Å². The quantitative estimate of drug-likeness (QED) is 0.501. The molecule has 0 amide bonds. The zero-order valence-corrected chi connectivity index (χ0v) is 14.0. The Morgan fingerprint density at radius 1 is 0.783 bits per heavy atom. The predicted molar refractivity (Wildman–Crippen MR) is 98.8 cm³/mol. The Balaban J connectivity index is 2.08. The molecule has 0 fully saturated rings. The normalized spacial score (nSPS) is 11.7. The van der Waals surface area contributed by atoms with E-state index >= 15 is 0 Å². The summed E-state index contributed by atoms with van der Waals surface area (Å²) < 4.78 is 18.1. The summed E-state index contributed by atoms with van der Waals surface area (Å²) in [6.07, 6.45) is 1.63. The second-order valence-electron chi connectivity index (χ2n) is 5.05. The van der Waals surface area contributed by atoms with Crippen LogP contribution in [0.15, 0.2) is 89.7 Å². The highest BCUT2D eigenvalue weighted by molar-refractivity contribution is 7.77. The van der Waals surface area contributed by atoms with Gasteiger partial charge in [0.2, 0.25) is 7.29 Å². The highest BCUT2D eigenvalue weighted by Crippen LogP contribution is 2.44. The van der Waals surface area contributed by atoms with Gasteiger partial charge in [-0.05, 0) is 42.0 Å². The van der Waals surface area contributed by atoms with Gasteiger partial charge in [-0.2, -0.15) is 0 Å². The van der Waals surface area contributed by atoms with E-state index in [1.165, 1.54) is 0 Å². The van der Waals surface area contributed by atoms with Crippen molar-refractivity contribution < 1.29 is 4.57 Å². The van der Waals surface area contributed by atoms with Crippen LogP contribution in [0.25, 0.3) is 0 Å². The fourth-order valence-corrected chi connectivity index (χ4v) is 4.49. The van der Waals surface area contributed by atoms with Gasteiger partial charge < -0.3 is 0 Å². The summed E-state index contributed by atoms with van der Waals surface area (Å²) >= 11 is 6.00. The lowest BCUT2D eigenvalue weighted by Gasteiger charge is -2.14. The Hall–Kier alpha value is -2.15. The molecule has 4 heteroatoms. The van der Waals surface area contributed by atoms with E-state index < -0.39 is 7.29 Å². The molecule has 2 nitrogen and oxygen atoms in total. The lowest BCUT2D eigenvalue weighted by Crippen LogP contribution is -2.14. The van der Waals surface area contributed by atoms with Crippen molar-refractivity contribution in [3.63, 3.8) is 0 Å². The molecular formula is C19H15ClNOP. The largest absolute Gasteiger partial charge is 0.288 e. The summed E-state index contributed by atoms with van der Waals surface area (Å²) in [5.74, 6) is 0. The monoisotopic (exact) mass is 339 g/mol. The summed E-state index contributed by atoms with van der Waals surface area (Å²) in [4.78, 5) is 0. The minimum Gasteiger partial charge on any atom is -0.288 e. The first-order chi connectivity index (χ1) is 11.2. The molecule has 0 aliphatic heterocycles. The fraction of sp³-hybridized carbons (Fsp3) is 0. The number of rotatable bonds is 4. The van der Waals surface area contributed by atoms with Crippen LogP contribution in [-0.2, 0) is 4.57 Å². The highest BCUT2D eigenvalue weighted by Gasteiger charge is 2.25. The van der Waals surface area contributed by atoms with Crippen molar-refractivity contribution in [3.8, 4) is 0 Å². The first-order valence-corrected chi connectivity index (χ1v) is 9.25. The summed E-state index contributed by atoms with van der Waals surface area (Å²) in [7, 11) is -3.08. The number of hydrogen-bond acceptors (Lipinski definition) is 1. The molecule has 0 spiro atoms. The Morgan fingerprint density at radius 2 is 1.35 bits per heavy atom. The molecule has 0 aliphatic rings. The molecule has 3 rings (SSSR count). The van der Waals surface area contributed by atoms with E-state index in [0.717, 1.165) is 5.56 Å². The van der Waals surface area contributed by atoms with E-state index in [1.807, 2.05) is 72.8 Å². The molecular weight excluding hydrogens is 325 g/mol. The standard InChI is InChI=1S/C19H15ClNOP/c20-17-9-7-8-16(14-17)15-21-23(22,18-10-3-1-4-11-18)19-12-5-2-6-13-19/h1-15H/b21-15+. The van der Waals surface area contributed by atoms with E-state index in [2.05, 4.69) is 4.76 Å². The summed E-state index contributed by atoms with van der Waals surface area (Å²) in [5, 5.41) is 2.05. The average molecular weight is 340 g/mol. The zero-order chi connectivity index (χ0) is 16.1. The third-order valence-corrected chi connectivity index (χ3v) is 6.10. The molecule has 0 radical (unpaired) electrons. The van der Waals surface area contributed by atoms with Crippen molar-refractivity contribution in [1.29, 1.82) is 0 Å². The second kappa shape index (κ2) is 6.95. The summed E-state index contributed by atoms with van der Waals surface area (Å²) in [6.45, 7) is 0. The highest BCUT2D eigenvalue weighted by atomic mass is 35.5. The van der Waals surface area contributed by atoms with Crippen LogP contribution in [0, 0.1) is 0 Å². The van der Waals surface area contributed by atoms with Crippen LogP contribution in [0.1, 0.15) is 5.56 Å². The third-order valence-electron chi connectivity index (χ3n) is 3.43. The summed E-state index contributed by atoms with van der Waals surface area (Å²) in [5.41, 5.74) is 0.824. The van der Waals surface area contributed by atoms with Crippen molar-refractivity contribution in [2.45, 2.75) is 0 Å². The maximum atomic E-state index is 13.6. The average Bonchev–Trinajstić information content (AvgIpc) is 2.61. The van der Waals surface area contributed by atoms with Crippen LogP contribution in [0.2, 0.25) is 5.02 Å². The molecule has 0 bridgehead atoms. The van der Waals surface area contributed by atoms with Crippen molar-refractivity contribution in [3.05, 3.63) is 95.5 Å². The number of nitrogens with zero attached hydrogens (tertiary/aromatic N) is 1.